The minimum absolute atomic E-state index is 0.132. The lowest BCUT2D eigenvalue weighted by molar-refractivity contribution is -0.124. The molecule has 0 aliphatic carbocycles. The molecular weight excluding hydrogens is 376 g/mol. The highest BCUT2D eigenvalue weighted by molar-refractivity contribution is 7.89. The van der Waals surface area contributed by atoms with Crippen molar-refractivity contribution in [3.63, 3.8) is 0 Å². The number of para-hydroxylation sites is 1. The van der Waals surface area contributed by atoms with Crippen molar-refractivity contribution in [3.05, 3.63) is 53.6 Å². The number of benzene rings is 2. The summed E-state index contributed by atoms with van der Waals surface area (Å²) in [6, 6.07) is 12.6. The quantitative estimate of drug-likeness (QED) is 0.745. The Hall–Kier alpha value is -2.38. The van der Waals surface area contributed by atoms with Gasteiger partial charge < -0.3 is 9.64 Å². The second-order valence-corrected chi connectivity index (χ2v) is 9.19. The molecule has 0 bridgehead atoms. The molecule has 6 nitrogen and oxygen atoms in total. The van der Waals surface area contributed by atoms with Crippen LogP contribution in [-0.4, -0.2) is 45.4 Å². The van der Waals surface area contributed by atoms with Gasteiger partial charge in [-0.1, -0.05) is 25.1 Å². The fourth-order valence-corrected chi connectivity index (χ4v) is 4.30. The number of carbonyl (C=O) groups excluding carboxylic acids is 1. The van der Waals surface area contributed by atoms with Gasteiger partial charge in [0.15, 0.2) is 6.10 Å². The third-order valence-corrected chi connectivity index (χ3v) is 6.81. The Morgan fingerprint density at radius 2 is 1.93 bits per heavy atom. The maximum absolute atomic E-state index is 13.0. The summed E-state index contributed by atoms with van der Waals surface area (Å²) in [5.41, 5.74) is 2.67. The highest BCUT2D eigenvalue weighted by atomic mass is 32.2. The van der Waals surface area contributed by atoms with Crippen LogP contribution in [0.1, 0.15) is 25.0 Å². The summed E-state index contributed by atoms with van der Waals surface area (Å²) in [7, 11) is -0.485. The number of rotatable bonds is 6. The topological polar surface area (TPSA) is 66.9 Å². The van der Waals surface area contributed by atoms with Crippen LogP contribution in [-0.2, 0) is 27.7 Å². The zero-order valence-electron chi connectivity index (χ0n) is 16.7. The average Bonchev–Trinajstić information content (AvgIpc) is 3.10. The van der Waals surface area contributed by atoms with Crippen molar-refractivity contribution >= 4 is 21.6 Å². The molecule has 3 rings (SSSR count). The van der Waals surface area contributed by atoms with Gasteiger partial charge in [-0.15, -0.1) is 0 Å². The Bertz CT molecular complexity index is 986. The summed E-state index contributed by atoms with van der Waals surface area (Å²) in [6.45, 7) is 4.31. The van der Waals surface area contributed by atoms with E-state index in [4.69, 9.17) is 4.74 Å². The number of nitrogens with zero attached hydrogens (tertiary/aromatic N) is 2. The van der Waals surface area contributed by atoms with Gasteiger partial charge in [0.1, 0.15) is 5.75 Å². The predicted molar refractivity (Wildman–Crippen MR) is 109 cm³/mol. The lowest BCUT2D eigenvalue weighted by Gasteiger charge is -2.23. The molecule has 0 unspecified atom stereocenters. The smallest absolute Gasteiger partial charge is 0.267 e. The van der Waals surface area contributed by atoms with E-state index in [1.807, 2.05) is 31.2 Å². The summed E-state index contributed by atoms with van der Waals surface area (Å²) in [5.74, 6) is 0.588. The molecule has 7 heteroatoms. The van der Waals surface area contributed by atoms with Crippen LogP contribution in [0.2, 0.25) is 0 Å². The zero-order valence-corrected chi connectivity index (χ0v) is 17.5. The van der Waals surface area contributed by atoms with Crippen LogP contribution in [0.15, 0.2) is 47.4 Å². The number of amides is 1. The van der Waals surface area contributed by atoms with Crippen molar-refractivity contribution in [2.24, 2.45) is 0 Å². The molecule has 1 aliphatic heterocycles. The Labute approximate surface area is 166 Å². The minimum Gasteiger partial charge on any atom is -0.481 e. The highest BCUT2D eigenvalue weighted by Gasteiger charge is 2.30. The van der Waals surface area contributed by atoms with Gasteiger partial charge >= 0.3 is 0 Å². The van der Waals surface area contributed by atoms with Crippen LogP contribution in [0.3, 0.4) is 0 Å². The van der Waals surface area contributed by atoms with Crippen LogP contribution < -0.4 is 9.64 Å². The van der Waals surface area contributed by atoms with Crippen molar-refractivity contribution in [2.45, 2.75) is 37.7 Å². The van der Waals surface area contributed by atoms with Crippen LogP contribution >= 0.6 is 0 Å². The molecule has 2 aromatic rings. The van der Waals surface area contributed by atoms with Crippen LogP contribution in [0.5, 0.6) is 5.75 Å². The lowest BCUT2D eigenvalue weighted by atomic mass is 10.1. The normalized spacial score (nSPS) is 14.8. The number of carbonyl (C=O) groups is 1. The first-order chi connectivity index (χ1) is 13.3. The van der Waals surface area contributed by atoms with Crippen LogP contribution in [0.4, 0.5) is 5.69 Å². The van der Waals surface area contributed by atoms with Crippen molar-refractivity contribution in [3.8, 4) is 5.75 Å². The standard InChI is InChI=1S/C21H26N2O4S/c1-5-16-8-6-7-9-20(16)27-15(2)21(24)23-13-12-17-14-18(10-11-19(17)23)28(25,26)22(3)4/h6-11,14-15H,5,12-13H2,1-4H3/t15-/m0/s1. The van der Waals surface area contributed by atoms with E-state index in [1.54, 1.807) is 30.0 Å². The van der Waals surface area contributed by atoms with E-state index < -0.39 is 16.1 Å². The SMILES string of the molecule is CCc1ccccc1O[C@@H](C)C(=O)N1CCc2cc(S(=O)(=O)N(C)C)ccc21. The fraction of sp³-hybridized carbons (Fsp3) is 0.381. The molecule has 0 saturated heterocycles. The van der Waals surface area contributed by atoms with Gasteiger partial charge in [0.2, 0.25) is 10.0 Å². The fourth-order valence-electron chi connectivity index (χ4n) is 3.35. The van der Waals surface area contributed by atoms with E-state index in [9.17, 15) is 13.2 Å². The number of fused-ring (bicyclic) bond motifs is 1. The van der Waals surface area contributed by atoms with E-state index in [2.05, 4.69) is 0 Å². The molecule has 0 aromatic heterocycles. The van der Waals surface area contributed by atoms with Gasteiger partial charge in [-0.05, 0) is 55.2 Å². The number of sulfonamides is 1. The summed E-state index contributed by atoms with van der Waals surface area (Å²) < 4.78 is 31.8. The predicted octanol–water partition coefficient (Wildman–Crippen LogP) is 2.86. The highest BCUT2D eigenvalue weighted by Crippen LogP contribution is 2.32. The first-order valence-electron chi connectivity index (χ1n) is 9.37. The van der Waals surface area contributed by atoms with Gasteiger partial charge in [0.05, 0.1) is 4.90 Å². The summed E-state index contributed by atoms with van der Waals surface area (Å²) in [6.07, 6.45) is 0.812. The zero-order chi connectivity index (χ0) is 20.5. The Morgan fingerprint density at radius 1 is 1.21 bits per heavy atom. The molecule has 1 aliphatic rings. The number of ether oxygens (including phenoxy) is 1. The molecule has 1 atom stereocenters. The lowest BCUT2D eigenvalue weighted by Crippen LogP contribution is -2.39. The van der Waals surface area contributed by atoms with Gasteiger partial charge in [-0.25, -0.2) is 12.7 Å². The van der Waals surface area contributed by atoms with Gasteiger partial charge in [0.25, 0.3) is 5.91 Å². The molecule has 150 valence electrons. The molecule has 0 N–H and O–H groups in total. The Kier molecular flexibility index (Phi) is 5.76. The number of anilines is 1. The van der Waals surface area contributed by atoms with Crippen molar-refractivity contribution in [2.75, 3.05) is 25.5 Å². The molecule has 0 saturated carbocycles. The number of aryl methyl sites for hydroxylation is 1. The van der Waals surface area contributed by atoms with E-state index in [1.165, 1.54) is 18.4 Å². The number of hydrogen-bond donors (Lipinski definition) is 0. The summed E-state index contributed by atoms with van der Waals surface area (Å²) in [5, 5.41) is 0. The molecule has 0 radical (unpaired) electrons. The van der Waals surface area contributed by atoms with E-state index in [0.717, 1.165) is 29.0 Å². The average molecular weight is 403 g/mol. The van der Waals surface area contributed by atoms with Crippen molar-refractivity contribution in [1.29, 1.82) is 0 Å². The molecular formula is C21H26N2O4S. The van der Waals surface area contributed by atoms with E-state index >= 15 is 0 Å². The molecule has 1 amide bonds. The molecule has 28 heavy (non-hydrogen) atoms. The maximum atomic E-state index is 13.0. The first-order valence-corrected chi connectivity index (χ1v) is 10.8. The molecule has 0 fully saturated rings. The monoisotopic (exact) mass is 402 g/mol. The second kappa shape index (κ2) is 7.93. The molecule has 2 aromatic carbocycles. The van der Waals surface area contributed by atoms with Gasteiger partial charge in [-0.3, -0.25) is 4.79 Å². The van der Waals surface area contributed by atoms with Crippen LogP contribution in [0, 0.1) is 0 Å². The third-order valence-electron chi connectivity index (χ3n) is 5.00. The second-order valence-electron chi connectivity index (χ2n) is 7.04. The summed E-state index contributed by atoms with van der Waals surface area (Å²) in [4.78, 5) is 14.9. The molecule has 1 heterocycles. The van der Waals surface area contributed by atoms with E-state index in [-0.39, 0.29) is 10.8 Å². The van der Waals surface area contributed by atoms with Gasteiger partial charge in [0, 0.05) is 26.3 Å². The first kappa shape index (κ1) is 20.4. The third kappa shape index (κ3) is 3.77. The Balaban J connectivity index is 1.80. The Morgan fingerprint density at radius 3 is 2.61 bits per heavy atom. The maximum Gasteiger partial charge on any atom is 0.267 e. The molecule has 0 spiro atoms. The largest absolute Gasteiger partial charge is 0.481 e. The van der Waals surface area contributed by atoms with E-state index in [0.29, 0.717) is 13.0 Å². The number of hydrogen-bond acceptors (Lipinski definition) is 4. The van der Waals surface area contributed by atoms with Crippen molar-refractivity contribution < 1.29 is 17.9 Å². The minimum atomic E-state index is -3.50. The summed E-state index contributed by atoms with van der Waals surface area (Å²) >= 11 is 0. The van der Waals surface area contributed by atoms with Crippen LogP contribution in [0.25, 0.3) is 0 Å². The van der Waals surface area contributed by atoms with Gasteiger partial charge in [-0.2, -0.15) is 0 Å². The van der Waals surface area contributed by atoms with Crippen molar-refractivity contribution in [1.82, 2.24) is 4.31 Å².